The number of hydrogen-bond acceptors (Lipinski definition) is 4. The highest BCUT2D eigenvalue weighted by Gasteiger charge is 2.50. The summed E-state index contributed by atoms with van der Waals surface area (Å²) in [7, 11) is 3.08. The Bertz CT molecular complexity index is 657. The van der Waals surface area contributed by atoms with Gasteiger partial charge >= 0.3 is 6.03 Å². The third kappa shape index (κ3) is 3.29. The predicted molar refractivity (Wildman–Crippen MR) is 92.6 cm³/mol. The summed E-state index contributed by atoms with van der Waals surface area (Å²) >= 11 is 0. The molecular formula is C17H26N5O3+. The van der Waals surface area contributed by atoms with Crippen LogP contribution in [0.1, 0.15) is 32.6 Å². The minimum absolute atomic E-state index is 0.122. The van der Waals surface area contributed by atoms with Gasteiger partial charge in [-0.2, -0.15) is 0 Å². The number of amidine groups is 1. The van der Waals surface area contributed by atoms with Crippen LogP contribution in [0.5, 0.6) is 0 Å². The van der Waals surface area contributed by atoms with Gasteiger partial charge in [0.15, 0.2) is 0 Å². The quantitative estimate of drug-likeness (QED) is 0.692. The molecule has 0 spiro atoms. The van der Waals surface area contributed by atoms with Crippen LogP contribution in [-0.2, 0) is 9.59 Å². The molecule has 2 atom stereocenters. The molecule has 0 aromatic heterocycles. The maximum absolute atomic E-state index is 12.5. The third-order valence-electron chi connectivity index (χ3n) is 5.35. The molecule has 0 aromatic carbocycles. The molecule has 136 valence electrons. The number of hydrogen-bond donors (Lipinski definition) is 0. The maximum Gasteiger partial charge on any atom is 0.333 e. The van der Waals surface area contributed by atoms with Crippen LogP contribution in [0.2, 0.25) is 0 Å². The summed E-state index contributed by atoms with van der Waals surface area (Å²) in [5, 5.41) is 0. The molecule has 0 aromatic rings. The lowest BCUT2D eigenvalue weighted by Crippen LogP contribution is -2.61. The van der Waals surface area contributed by atoms with Gasteiger partial charge in [-0.3, -0.25) is 19.4 Å². The molecule has 3 heterocycles. The molecule has 0 aliphatic carbocycles. The monoisotopic (exact) mass is 348 g/mol. The molecule has 0 N–H and O–H groups in total. The second-order valence-electron chi connectivity index (χ2n) is 7.15. The summed E-state index contributed by atoms with van der Waals surface area (Å²) in [5.41, 5.74) is 0. The van der Waals surface area contributed by atoms with E-state index < -0.39 is 6.04 Å². The Labute approximate surface area is 147 Å². The van der Waals surface area contributed by atoms with Crippen molar-refractivity contribution in [3.8, 4) is 0 Å². The topological polar surface area (TPSA) is 76.3 Å². The van der Waals surface area contributed by atoms with Crippen molar-refractivity contribution in [1.82, 2.24) is 14.7 Å². The zero-order valence-corrected chi connectivity index (χ0v) is 15.1. The smallest absolute Gasteiger partial charge is 0.333 e. The van der Waals surface area contributed by atoms with Gasteiger partial charge in [0, 0.05) is 27.2 Å². The largest absolute Gasteiger partial charge is 0.343 e. The first-order valence-corrected chi connectivity index (χ1v) is 8.90. The molecule has 2 saturated heterocycles. The van der Waals surface area contributed by atoms with Crippen LogP contribution in [0, 0.1) is 5.92 Å². The molecule has 25 heavy (non-hydrogen) atoms. The van der Waals surface area contributed by atoms with Gasteiger partial charge in [-0.25, -0.2) is 9.37 Å². The Morgan fingerprint density at radius 1 is 1.24 bits per heavy atom. The average Bonchev–Trinajstić information content (AvgIpc) is 2.90. The molecule has 8 heteroatoms. The molecule has 3 aliphatic rings. The fraction of sp³-hybridized carbons (Fsp3) is 0.706. The number of urea groups is 1. The number of fused-ring (bicyclic) bond motifs is 1. The molecule has 0 bridgehead atoms. The number of amides is 4. The Hall–Kier alpha value is -2.25. The summed E-state index contributed by atoms with van der Waals surface area (Å²) < 4.78 is 1.76. The predicted octanol–water partition coefficient (Wildman–Crippen LogP) is 0.370. The zero-order chi connectivity index (χ0) is 18.1. The van der Waals surface area contributed by atoms with Crippen molar-refractivity contribution in [3.63, 3.8) is 0 Å². The van der Waals surface area contributed by atoms with Gasteiger partial charge in [0.2, 0.25) is 5.91 Å². The van der Waals surface area contributed by atoms with Crippen molar-refractivity contribution in [2.24, 2.45) is 10.9 Å². The first kappa shape index (κ1) is 17.6. The summed E-state index contributed by atoms with van der Waals surface area (Å²) in [6.45, 7) is 4.28. The second-order valence-corrected chi connectivity index (χ2v) is 7.15. The average molecular weight is 348 g/mol. The van der Waals surface area contributed by atoms with Gasteiger partial charge in [0.05, 0.1) is 13.0 Å². The Morgan fingerprint density at radius 3 is 2.76 bits per heavy atom. The van der Waals surface area contributed by atoms with Gasteiger partial charge in [-0.05, 0) is 30.2 Å². The van der Waals surface area contributed by atoms with Gasteiger partial charge in [-0.1, -0.05) is 6.92 Å². The number of imide groups is 1. The fourth-order valence-corrected chi connectivity index (χ4v) is 3.62. The van der Waals surface area contributed by atoms with E-state index in [0.29, 0.717) is 24.7 Å². The lowest BCUT2D eigenvalue weighted by atomic mass is 10.0. The number of carbonyl (C=O) groups excluding carboxylic acids is 3. The van der Waals surface area contributed by atoms with Gasteiger partial charge < -0.3 is 4.90 Å². The van der Waals surface area contributed by atoms with Crippen molar-refractivity contribution in [2.75, 3.05) is 33.7 Å². The molecule has 2 unspecified atom stereocenters. The zero-order valence-electron chi connectivity index (χ0n) is 15.1. The van der Waals surface area contributed by atoms with Crippen LogP contribution >= 0.6 is 0 Å². The standard InChI is InChI=1S/C17H26N5O3/c1-12-5-4-8-21(9-6-12)13(23)7-10-22-11-18-15-14(22)16(24)20(3)17(25)19(15)2/h11-12,14H,4-10H2,1-3H3/q+1. The first-order chi connectivity index (χ1) is 11.9. The van der Waals surface area contributed by atoms with Crippen LogP contribution in [-0.4, -0.2) is 89.1 Å². The van der Waals surface area contributed by atoms with E-state index in [2.05, 4.69) is 11.9 Å². The maximum atomic E-state index is 12.5. The summed E-state index contributed by atoms with van der Waals surface area (Å²) in [4.78, 5) is 45.6. The van der Waals surface area contributed by atoms with Gasteiger partial charge in [-0.15, -0.1) is 0 Å². The van der Waals surface area contributed by atoms with Crippen LogP contribution in [0.25, 0.3) is 0 Å². The van der Waals surface area contributed by atoms with Crippen molar-refractivity contribution in [2.45, 2.75) is 38.6 Å². The molecule has 8 nitrogen and oxygen atoms in total. The SMILES string of the molecule is CC1CCCN(C(=O)CC[N+]2=CN=C3C2C(=O)N(C)C(=O)N3C)CC1. The van der Waals surface area contributed by atoms with Crippen molar-refractivity contribution >= 4 is 30.0 Å². The van der Waals surface area contributed by atoms with Crippen LogP contribution in [0.3, 0.4) is 0 Å². The van der Waals surface area contributed by atoms with Gasteiger partial charge in [0.1, 0.15) is 0 Å². The minimum Gasteiger partial charge on any atom is -0.343 e. The fourth-order valence-electron chi connectivity index (χ4n) is 3.62. The summed E-state index contributed by atoms with van der Waals surface area (Å²) in [5.74, 6) is 0.928. The number of nitrogens with zero attached hydrogens (tertiary/aromatic N) is 5. The van der Waals surface area contributed by atoms with E-state index in [9.17, 15) is 14.4 Å². The van der Waals surface area contributed by atoms with E-state index in [0.717, 1.165) is 30.8 Å². The molecular weight excluding hydrogens is 322 g/mol. The minimum atomic E-state index is -0.607. The molecule has 0 saturated carbocycles. The number of likely N-dealkylation sites (N-methyl/N-ethyl adjacent to an activating group) is 2. The lowest BCUT2D eigenvalue weighted by Gasteiger charge is -2.30. The van der Waals surface area contributed by atoms with Crippen LogP contribution in [0.4, 0.5) is 4.79 Å². The van der Waals surface area contributed by atoms with Crippen LogP contribution in [0.15, 0.2) is 4.99 Å². The Balaban J connectivity index is 1.60. The van der Waals surface area contributed by atoms with E-state index >= 15 is 0 Å². The van der Waals surface area contributed by atoms with E-state index in [4.69, 9.17) is 0 Å². The third-order valence-corrected chi connectivity index (χ3v) is 5.35. The molecule has 0 radical (unpaired) electrons. The second kappa shape index (κ2) is 6.93. The number of carbonyl (C=O) groups is 3. The molecule has 3 aliphatic heterocycles. The van der Waals surface area contributed by atoms with E-state index in [1.807, 2.05) is 4.90 Å². The van der Waals surface area contributed by atoms with Gasteiger partial charge in [0.25, 0.3) is 24.1 Å². The summed E-state index contributed by atoms with van der Waals surface area (Å²) in [6, 6.07) is -0.991. The highest BCUT2D eigenvalue weighted by atomic mass is 16.2. The molecule has 4 amide bonds. The highest BCUT2D eigenvalue weighted by Crippen LogP contribution is 2.19. The highest BCUT2D eigenvalue weighted by molar-refractivity contribution is 6.21. The number of aliphatic imine (C=N–C) groups is 1. The van der Waals surface area contributed by atoms with E-state index in [1.165, 1.54) is 18.4 Å². The van der Waals surface area contributed by atoms with Crippen molar-refractivity contribution in [1.29, 1.82) is 0 Å². The van der Waals surface area contributed by atoms with E-state index in [1.54, 1.807) is 18.0 Å². The Kier molecular flexibility index (Phi) is 4.87. The first-order valence-electron chi connectivity index (χ1n) is 8.90. The lowest BCUT2D eigenvalue weighted by molar-refractivity contribution is -0.530. The summed E-state index contributed by atoms with van der Waals surface area (Å²) in [6.07, 6.45) is 5.18. The van der Waals surface area contributed by atoms with Crippen molar-refractivity contribution in [3.05, 3.63) is 0 Å². The molecule has 3 rings (SSSR count). The number of rotatable bonds is 3. The normalized spacial score (nSPS) is 27.1. The Morgan fingerprint density at radius 2 is 2.00 bits per heavy atom. The van der Waals surface area contributed by atoms with E-state index in [-0.39, 0.29) is 17.8 Å². The van der Waals surface area contributed by atoms with Crippen LogP contribution < -0.4 is 0 Å². The number of likely N-dealkylation sites (tertiary alicyclic amines) is 1. The van der Waals surface area contributed by atoms with Crippen molar-refractivity contribution < 1.29 is 19.0 Å². The molecule has 2 fully saturated rings.